The van der Waals surface area contributed by atoms with Gasteiger partial charge in [0.25, 0.3) is 0 Å². The van der Waals surface area contributed by atoms with Crippen molar-refractivity contribution in [3.63, 3.8) is 0 Å². The normalized spacial score (nSPS) is 12.7. The number of hydrogen-bond acceptors (Lipinski definition) is 3. The van der Waals surface area contributed by atoms with E-state index in [9.17, 15) is 5.26 Å². The number of nitriles is 1. The van der Waals surface area contributed by atoms with E-state index in [-0.39, 0.29) is 0 Å². The second kappa shape index (κ2) is 10.7. The molecule has 9 aromatic rings. The van der Waals surface area contributed by atoms with Gasteiger partial charge in [0.1, 0.15) is 11.2 Å². The molecule has 1 aliphatic rings. The zero-order chi connectivity index (χ0) is 32.5. The van der Waals surface area contributed by atoms with E-state index >= 15 is 0 Å². The van der Waals surface area contributed by atoms with Crippen LogP contribution in [-0.2, 0) is 13.1 Å². The fraction of sp³-hybridized carbons (Fsp3) is 0.0444. The maximum Gasteiger partial charge on any atom is 0.143 e. The Kier molecular flexibility index (Phi) is 6.03. The van der Waals surface area contributed by atoms with Crippen molar-refractivity contribution in [3.05, 3.63) is 168 Å². The lowest BCUT2D eigenvalue weighted by molar-refractivity contribution is 0.670. The number of nitrogens with zero attached hydrogens (tertiary/aromatic N) is 3. The van der Waals surface area contributed by atoms with Crippen molar-refractivity contribution in [1.29, 1.82) is 5.26 Å². The Morgan fingerprint density at radius 3 is 2.18 bits per heavy atom. The molecule has 0 saturated heterocycles. The van der Waals surface area contributed by atoms with E-state index in [2.05, 4.69) is 143 Å². The Bertz CT molecular complexity index is 2800. The van der Waals surface area contributed by atoms with Crippen LogP contribution in [0.25, 0.3) is 71.7 Å². The van der Waals surface area contributed by atoms with Crippen molar-refractivity contribution in [2.75, 3.05) is 4.90 Å². The van der Waals surface area contributed by atoms with Gasteiger partial charge in [-0.15, -0.1) is 0 Å². The van der Waals surface area contributed by atoms with Crippen molar-refractivity contribution in [3.8, 4) is 34.0 Å². The summed E-state index contributed by atoms with van der Waals surface area (Å²) in [5.41, 5.74) is 14.3. The molecule has 0 radical (unpaired) electrons. The fourth-order valence-corrected chi connectivity index (χ4v) is 7.83. The molecule has 1 aliphatic heterocycles. The molecule has 0 bridgehead atoms. The van der Waals surface area contributed by atoms with Crippen LogP contribution >= 0.6 is 0 Å². The average molecular weight is 628 g/mol. The van der Waals surface area contributed by atoms with E-state index < -0.39 is 0 Å². The second-order valence-electron chi connectivity index (χ2n) is 12.9. The summed E-state index contributed by atoms with van der Waals surface area (Å²) in [5, 5.41) is 14.2. The van der Waals surface area contributed by atoms with Crippen LogP contribution in [0, 0.1) is 11.3 Å². The molecule has 0 unspecified atom stereocenters. The first kappa shape index (κ1) is 27.5. The molecular weight excluding hydrogens is 599 g/mol. The highest BCUT2D eigenvalue weighted by Crippen LogP contribution is 2.42. The fourth-order valence-electron chi connectivity index (χ4n) is 7.83. The lowest BCUT2D eigenvalue weighted by Gasteiger charge is -2.24. The number of hydrogen-bond donors (Lipinski definition) is 0. The topological polar surface area (TPSA) is 45.1 Å². The standard InChI is InChI=1S/C45H29N3O/c46-26-29-17-22-43-41(23-29)37-11-4-6-15-42(37)48(43)34-20-21-35-32(24-34)28-47(33-9-2-1-3-10-33)27-31-19-18-30(25-40(31)35)36-13-8-14-39-38-12-5-7-16-44(38)49-45(36)39/h1-25H,27-28H2. The molecular formula is C45H29N3O. The first-order chi connectivity index (χ1) is 24.2. The highest BCUT2D eigenvalue weighted by molar-refractivity contribution is 6.10. The van der Waals surface area contributed by atoms with E-state index in [0.29, 0.717) is 5.56 Å². The van der Waals surface area contributed by atoms with E-state index in [1.165, 1.54) is 27.9 Å². The van der Waals surface area contributed by atoms with Crippen LogP contribution < -0.4 is 4.90 Å². The smallest absolute Gasteiger partial charge is 0.143 e. The van der Waals surface area contributed by atoms with Crippen LogP contribution in [0.2, 0.25) is 0 Å². The second-order valence-corrected chi connectivity index (χ2v) is 12.9. The number of benzene rings is 7. The molecule has 10 rings (SSSR count). The summed E-state index contributed by atoms with van der Waals surface area (Å²) in [7, 11) is 0. The molecule has 7 aromatic carbocycles. The molecule has 49 heavy (non-hydrogen) atoms. The zero-order valence-electron chi connectivity index (χ0n) is 26.6. The van der Waals surface area contributed by atoms with Crippen molar-refractivity contribution in [2.24, 2.45) is 0 Å². The quantitative estimate of drug-likeness (QED) is 0.196. The van der Waals surface area contributed by atoms with Gasteiger partial charge in [-0.2, -0.15) is 5.26 Å². The molecule has 0 fully saturated rings. The zero-order valence-corrected chi connectivity index (χ0v) is 26.6. The molecule has 4 nitrogen and oxygen atoms in total. The van der Waals surface area contributed by atoms with Gasteiger partial charge >= 0.3 is 0 Å². The van der Waals surface area contributed by atoms with Gasteiger partial charge in [-0.05, 0) is 88.5 Å². The van der Waals surface area contributed by atoms with Crippen LogP contribution in [-0.4, -0.2) is 4.57 Å². The molecule has 0 atom stereocenters. The molecule has 0 spiro atoms. The van der Waals surface area contributed by atoms with Gasteiger partial charge in [-0.1, -0.05) is 91.0 Å². The van der Waals surface area contributed by atoms with Crippen LogP contribution in [0.1, 0.15) is 16.7 Å². The molecule has 0 N–H and O–H groups in total. The first-order valence-electron chi connectivity index (χ1n) is 16.6. The predicted octanol–water partition coefficient (Wildman–Crippen LogP) is 11.4. The third-order valence-electron chi connectivity index (χ3n) is 10.1. The summed E-state index contributed by atoms with van der Waals surface area (Å²) in [6.07, 6.45) is 0. The van der Waals surface area contributed by atoms with Crippen LogP contribution in [0.3, 0.4) is 0 Å². The van der Waals surface area contributed by atoms with Gasteiger partial charge in [0.2, 0.25) is 0 Å². The Morgan fingerprint density at radius 2 is 1.29 bits per heavy atom. The van der Waals surface area contributed by atoms with Gasteiger partial charge in [0, 0.05) is 51.6 Å². The predicted molar refractivity (Wildman–Crippen MR) is 200 cm³/mol. The van der Waals surface area contributed by atoms with Gasteiger partial charge in [-0.25, -0.2) is 0 Å². The Morgan fingerprint density at radius 1 is 0.510 bits per heavy atom. The maximum atomic E-state index is 9.66. The van der Waals surface area contributed by atoms with Crippen molar-refractivity contribution < 1.29 is 4.42 Å². The van der Waals surface area contributed by atoms with Crippen molar-refractivity contribution >= 4 is 49.4 Å². The molecule has 3 heterocycles. The minimum atomic E-state index is 0.668. The molecule has 0 amide bonds. The average Bonchev–Trinajstić information content (AvgIpc) is 3.65. The third kappa shape index (κ3) is 4.30. The number of rotatable bonds is 3. The number of para-hydroxylation sites is 4. The van der Waals surface area contributed by atoms with Gasteiger partial charge in [-0.3, -0.25) is 0 Å². The lowest BCUT2D eigenvalue weighted by atomic mass is 9.92. The Labute approximate surface area is 283 Å². The maximum absolute atomic E-state index is 9.66. The minimum absolute atomic E-state index is 0.668. The van der Waals surface area contributed by atoms with E-state index in [4.69, 9.17) is 4.42 Å². The molecule has 4 heteroatoms. The van der Waals surface area contributed by atoms with Gasteiger partial charge in [0.05, 0.1) is 22.7 Å². The largest absolute Gasteiger partial charge is 0.455 e. The van der Waals surface area contributed by atoms with Gasteiger partial charge < -0.3 is 13.9 Å². The Balaban J connectivity index is 1.18. The molecule has 0 saturated carbocycles. The third-order valence-corrected chi connectivity index (χ3v) is 10.1. The van der Waals surface area contributed by atoms with E-state index in [1.807, 2.05) is 24.3 Å². The molecule has 230 valence electrons. The first-order valence-corrected chi connectivity index (χ1v) is 16.6. The summed E-state index contributed by atoms with van der Waals surface area (Å²) in [6, 6.07) is 56.0. The molecule has 0 aliphatic carbocycles. The van der Waals surface area contributed by atoms with Crippen LogP contribution in [0.15, 0.2) is 156 Å². The van der Waals surface area contributed by atoms with Crippen LogP contribution in [0.4, 0.5) is 5.69 Å². The number of fused-ring (bicyclic) bond motifs is 9. The summed E-state index contributed by atoms with van der Waals surface area (Å²) in [5.74, 6) is 0. The lowest BCUT2D eigenvalue weighted by Crippen LogP contribution is -2.20. The SMILES string of the molecule is N#Cc1ccc2c(c1)c1ccccc1n2-c1ccc2c(c1)CN(c1ccccc1)Cc1ccc(-c3cccc4c3oc3ccccc34)cc1-2. The number of anilines is 1. The van der Waals surface area contributed by atoms with Gasteiger partial charge in [0.15, 0.2) is 0 Å². The van der Waals surface area contributed by atoms with E-state index in [1.54, 1.807) is 0 Å². The minimum Gasteiger partial charge on any atom is -0.455 e. The van der Waals surface area contributed by atoms with Crippen molar-refractivity contribution in [2.45, 2.75) is 13.1 Å². The summed E-state index contributed by atoms with van der Waals surface area (Å²) in [6.45, 7) is 1.57. The van der Waals surface area contributed by atoms with Crippen molar-refractivity contribution in [1.82, 2.24) is 4.57 Å². The van der Waals surface area contributed by atoms with E-state index in [0.717, 1.165) is 73.6 Å². The highest BCUT2D eigenvalue weighted by atomic mass is 16.3. The summed E-state index contributed by atoms with van der Waals surface area (Å²) >= 11 is 0. The number of furan rings is 1. The highest BCUT2D eigenvalue weighted by Gasteiger charge is 2.23. The summed E-state index contributed by atoms with van der Waals surface area (Å²) < 4.78 is 8.80. The molecule has 2 aromatic heterocycles. The Hall–Kier alpha value is -6.57. The monoisotopic (exact) mass is 627 g/mol. The van der Waals surface area contributed by atoms with Crippen LogP contribution in [0.5, 0.6) is 0 Å². The summed E-state index contributed by atoms with van der Waals surface area (Å²) in [4.78, 5) is 2.47. The number of aromatic nitrogens is 1.